The quantitative estimate of drug-likeness (QED) is 0.744. The molecule has 1 amide bonds. The topological polar surface area (TPSA) is 67.2 Å². The summed E-state index contributed by atoms with van der Waals surface area (Å²) in [6.45, 7) is 1.12. The van der Waals surface area contributed by atoms with Crippen LogP contribution in [-0.2, 0) is 31.4 Å². The van der Waals surface area contributed by atoms with Crippen molar-refractivity contribution in [2.45, 2.75) is 44.4 Å². The SMILES string of the molecule is Cn1c(CN2Cc3ccccc3C[C@@H]2C(=O)NC2CC2)nc2ccccc2c1=O. The third-order valence-electron chi connectivity index (χ3n) is 5.99. The lowest BCUT2D eigenvalue weighted by Gasteiger charge is -2.36. The summed E-state index contributed by atoms with van der Waals surface area (Å²) in [6, 6.07) is 15.8. The van der Waals surface area contributed by atoms with Crippen LogP contribution in [0, 0.1) is 0 Å². The summed E-state index contributed by atoms with van der Waals surface area (Å²) < 4.78 is 1.61. The summed E-state index contributed by atoms with van der Waals surface area (Å²) >= 11 is 0. The Morgan fingerprint density at radius 2 is 1.83 bits per heavy atom. The predicted molar refractivity (Wildman–Crippen MR) is 111 cm³/mol. The van der Waals surface area contributed by atoms with Crippen molar-refractivity contribution in [3.05, 3.63) is 75.8 Å². The Hall–Kier alpha value is -2.99. The van der Waals surface area contributed by atoms with Crippen LogP contribution in [0.2, 0.25) is 0 Å². The molecule has 1 saturated carbocycles. The summed E-state index contributed by atoms with van der Waals surface area (Å²) in [5.41, 5.74) is 3.10. The van der Waals surface area contributed by atoms with Crippen molar-refractivity contribution in [3.8, 4) is 0 Å². The van der Waals surface area contributed by atoms with E-state index in [1.807, 2.05) is 30.3 Å². The number of carbonyl (C=O) groups is 1. The lowest BCUT2D eigenvalue weighted by atomic mass is 9.93. The molecule has 0 bridgehead atoms. The average Bonchev–Trinajstić information content (AvgIpc) is 3.55. The van der Waals surface area contributed by atoms with E-state index in [4.69, 9.17) is 4.98 Å². The van der Waals surface area contributed by atoms with Crippen LogP contribution < -0.4 is 10.9 Å². The Bertz CT molecular complexity index is 1150. The van der Waals surface area contributed by atoms with Crippen LogP contribution in [0.25, 0.3) is 10.9 Å². The first-order valence-corrected chi connectivity index (χ1v) is 10.2. The average molecular weight is 388 g/mol. The van der Waals surface area contributed by atoms with Crippen molar-refractivity contribution in [3.63, 3.8) is 0 Å². The van der Waals surface area contributed by atoms with Gasteiger partial charge in [-0.25, -0.2) is 4.98 Å². The van der Waals surface area contributed by atoms with Crippen molar-refractivity contribution < 1.29 is 4.79 Å². The number of benzene rings is 2. The monoisotopic (exact) mass is 388 g/mol. The van der Waals surface area contributed by atoms with E-state index >= 15 is 0 Å². The van der Waals surface area contributed by atoms with Gasteiger partial charge >= 0.3 is 0 Å². The summed E-state index contributed by atoms with van der Waals surface area (Å²) in [6.07, 6.45) is 2.81. The second-order valence-electron chi connectivity index (χ2n) is 8.09. The van der Waals surface area contributed by atoms with Gasteiger partial charge in [0.1, 0.15) is 5.82 Å². The fourth-order valence-corrected chi connectivity index (χ4v) is 4.11. The summed E-state index contributed by atoms with van der Waals surface area (Å²) in [4.78, 5) is 32.7. The standard InChI is InChI=1S/C23H24N4O2/c1-26-21(25-19-9-5-4-8-18(19)23(26)29)14-27-13-16-7-3-2-6-15(16)12-20(27)22(28)24-17-10-11-17/h2-9,17,20H,10-14H2,1H3,(H,24,28)/t20-/m1/s1. The van der Waals surface area contributed by atoms with Crippen molar-refractivity contribution in [2.75, 3.05) is 0 Å². The molecule has 148 valence electrons. The van der Waals surface area contributed by atoms with Crippen LogP contribution >= 0.6 is 0 Å². The normalized spacial score (nSPS) is 19.1. The smallest absolute Gasteiger partial charge is 0.261 e. The van der Waals surface area contributed by atoms with E-state index in [9.17, 15) is 9.59 Å². The molecule has 2 heterocycles. The highest BCUT2D eigenvalue weighted by Gasteiger charge is 2.35. The number of nitrogens with zero attached hydrogens (tertiary/aromatic N) is 3. The van der Waals surface area contributed by atoms with Gasteiger partial charge < -0.3 is 5.32 Å². The molecule has 1 aliphatic carbocycles. The van der Waals surface area contributed by atoms with E-state index in [2.05, 4.69) is 22.3 Å². The Balaban J connectivity index is 1.50. The number of rotatable bonds is 4. The highest BCUT2D eigenvalue weighted by atomic mass is 16.2. The van der Waals surface area contributed by atoms with Crippen LogP contribution in [0.3, 0.4) is 0 Å². The molecule has 5 rings (SSSR count). The van der Waals surface area contributed by atoms with Gasteiger partial charge in [-0.15, -0.1) is 0 Å². The molecule has 1 aliphatic heterocycles. The van der Waals surface area contributed by atoms with Crippen LogP contribution in [0.4, 0.5) is 0 Å². The molecule has 0 unspecified atom stereocenters. The lowest BCUT2D eigenvalue weighted by Crippen LogP contribution is -2.50. The van der Waals surface area contributed by atoms with E-state index in [0.717, 1.165) is 12.8 Å². The van der Waals surface area contributed by atoms with E-state index in [0.29, 0.717) is 42.3 Å². The molecule has 2 aliphatic rings. The van der Waals surface area contributed by atoms with Crippen molar-refractivity contribution in [1.29, 1.82) is 0 Å². The molecule has 1 aromatic heterocycles. The first kappa shape index (κ1) is 18.1. The van der Waals surface area contributed by atoms with Gasteiger partial charge in [0.15, 0.2) is 0 Å². The number of hydrogen-bond donors (Lipinski definition) is 1. The van der Waals surface area contributed by atoms with Gasteiger partial charge in [-0.2, -0.15) is 0 Å². The molecule has 29 heavy (non-hydrogen) atoms. The fraction of sp³-hybridized carbons (Fsp3) is 0.348. The van der Waals surface area contributed by atoms with Gasteiger partial charge in [-0.05, 0) is 42.5 Å². The second-order valence-corrected chi connectivity index (χ2v) is 8.09. The van der Waals surface area contributed by atoms with Crippen LogP contribution in [0.15, 0.2) is 53.3 Å². The maximum atomic E-state index is 13.0. The van der Waals surface area contributed by atoms with Gasteiger partial charge in [0, 0.05) is 19.6 Å². The van der Waals surface area contributed by atoms with Gasteiger partial charge in [0.25, 0.3) is 5.56 Å². The molecule has 3 aromatic rings. The predicted octanol–water partition coefficient (Wildman–Crippen LogP) is 2.14. The maximum absolute atomic E-state index is 13.0. The van der Waals surface area contributed by atoms with E-state index in [1.54, 1.807) is 17.7 Å². The van der Waals surface area contributed by atoms with Crippen LogP contribution in [0.1, 0.15) is 29.8 Å². The molecular formula is C23H24N4O2. The molecule has 0 radical (unpaired) electrons. The molecule has 0 spiro atoms. The number of amides is 1. The third-order valence-corrected chi connectivity index (χ3v) is 5.99. The van der Waals surface area contributed by atoms with Crippen molar-refractivity contribution in [2.24, 2.45) is 7.05 Å². The Kier molecular flexibility index (Phi) is 4.43. The molecule has 6 nitrogen and oxygen atoms in total. The molecule has 0 saturated heterocycles. The molecule has 1 N–H and O–H groups in total. The van der Waals surface area contributed by atoms with Crippen LogP contribution in [0.5, 0.6) is 0 Å². The minimum atomic E-state index is -0.256. The van der Waals surface area contributed by atoms with Crippen molar-refractivity contribution in [1.82, 2.24) is 19.8 Å². The van der Waals surface area contributed by atoms with Crippen LogP contribution in [-0.4, -0.2) is 32.4 Å². The Labute approximate surface area is 169 Å². The maximum Gasteiger partial charge on any atom is 0.261 e. The number of para-hydroxylation sites is 1. The first-order chi connectivity index (χ1) is 14.1. The minimum absolute atomic E-state index is 0.0537. The Morgan fingerprint density at radius 3 is 2.62 bits per heavy atom. The fourth-order valence-electron chi connectivity index (χ4n) is 4.11. The highest BCUT2D eigenvalue weighted by molar-refractivity contribution is 5.83. The zero-order valence-electron chi connectivity index (χ0n) is 16.5. The largest absolute Gasteiger partial charge is 0.352 e. The van der Waals surface area contributed by atoms with Gasteiger partial charge in [-0.1, -0.05) is 36.4 Å². The number of hydrogen-bond acceptors (Lipinski definition) is 4. The molecule has 2 aromatic carbocycles. The van der Waals surface area contributed by atoms with Gasteiger partial charge in [0.2, 0.25) is 5.91 Å². The van der Waals surface area contributed by atoms with E-state index < -0.39 is 0 Å². The first-order valence-electron chi connectivity index (χ1n) is 10.2. The highest BCUT2D eigenvalue weighted by Crippen LogP contribution is 2.26. The molecule has 6 heteroatoms. The minimum Gasteiger partial charge on any atom is -0.352 e. The second kappa shape index (κ2) is 7.12. The van der Waals surface area contributed by atoms with Gasteiger partial charge in [-0.3, -0.25) is 19.1 Å². The third kappa shape index (κ3) is 3.44. The zero-order valence-corrected chi connectivity index (χ0v) is 16.5. The van der Waals surface area contributed by atoms with E-state index in [-0.39, 0.29) is 17.5 Å². The Morgan fingerprint density at radius 1 is 1.10 bits per heavy atom. The van der Waals surface area contributed by atoms with E-state index in [1.165, 1.54) is 11.1 Å². The lowest BCUT2D eigenvalue weighted by molar-refractivity contribution is -0.127. The number of carbonyl (C=O) groups excluding carboxylic acids is 1. The van der Waals surface area contributed by atoms with Gasteiger partial charge in [0.05, 0.1) is 23.5 Å². The molecule has 1 atom stereocenters. The molecule has 1 fully saturated rings. The summed E-state index contributed by atoms with van der Waals surface area (Å²) in [5, 5.41) is 3.77. The van der Waals surface area contributed by atoms with Crippen molar-refractivity contribution >= 4 is 16.8 Å². The summed E-state index contributed by atoms with van der Waals surface area (Å²) in [7, 11) is 1.76. The number of nitrogens with one attached hydrogen (secondary N) is 1. The molecular weight excluding hydrogens is 364 g/mol. The number of fused-ring (bicyclic) bond motifs is 2. The number of aromatic nitrogens is 2. The zero-order chi connectivity index (χ0) is 20.0. The summed E-state index contributed by atoms with van der Waals surface area (Å²) in [5.74, 6) is 0.755.